The first-order valence-electron chi connectivity index (χ1n) is 12.0. The Labute approximate surface area is 196 Å². The predicted octanol–water partition coefficient (Wildman–Crippen LogP) is 4.00. The third-order valence-corrected chi connectivity index (χ3v) is 6.52. The molecule has 2 aliphatic rings. The normalized spacial score (nSPS) is 16.5. The van der Waals surface area contributed by atoms with Crippen LogP contribution in [0.2, 0.25) is 0 Å². The molecule has 2 fully saturated rings. The van der Waals surface area contributed by atoms with Crippen molar-refractivity contribution in [2.45, 2.75) is 32.6 Å². The van der Waals surface area contributed by atoms with Crippen LogP contribution in [-0.4, -0.2) is 63.1 Å². The SMILES string of the molecule is CCC(=O)Nc1ccc(N2CCN(c3ccccc3OC)CC2)c(C(=O)N2CCCCC2)c1. The van der Waals surface area contributed by atoms with Crippen LogP contribution in [-0.2, 0) is 4.79 Å². The maximum Gasteiger partial charge on any atom is 0.256 e. The zero-order chi connectivity index (χ0) is 23.2. The molecule has 2 aromatic rings. The number of carbonyl (C=O) groups is 2. The number of anilines is 3. The van der Waals surface area contributed by atoms with Gasteiger partial charge in [-0.25, -0.2) is 0 Å². The summed E-state index contributed by atoms with van der Waals surface area (Å²) in [6.45, 7) is 6.71. The summed E-state index contributed by atoms with van der Waals surface area (Å²) in [6.07, 6.45) is 3.67. The molecule has 0 unspecified atom stereocenters. The fourth-order valence-electron chi connectivity index (χ4n) is 4.66. The van der Waals surface area contributed by atoms with Crippen LogP contribution in [0.4, 0.5) is 17.1 Å². The van der Waals surface area contributed by atoms with E-state index in [4.69, 9.17) is 4.74 Å². The van der Waals surface area contributed by atoms with Gasteiger partial charge in [0.1, 0.15) is 5.75 Å². The number of ether oxygens (including phenoxy) is 1. The van der Waals surface area contributed by atoms with E-state index >= 15 is 0 Å². The molecule has 0 atom stereocenters. The number of para-hydroxylation sites is 2. The molecular formula is C26H34N4O3. The standard InChI is InChI=1S/C26H34N4O3/c1-3-25(31)27-20-11-12-22(21(19-20)26(32)30-13-7-4-8-14-30)28-15-17-29(18-16-28)23-9-5-6-10-24(23)33-2/h5-6,9-12,19H,3-4,7-8,13-18H2,1-2H3,(H,27,31). The van der Waals surface area contributed by atoms with Gasteiger partial charge in [0.25, 0.3) is 5.91 Å². The minimum atomic E-state index is -0.0513. The lowest BCUT2D eigenvalue weighted by atomic mass is 10.1. The Morgan fingerprint density at radius 3 is 2.21 bits per heavy atom. The van der Waals surface area contributed by atoms with Crippen LogP contribution in [0.25, 0.3) is 0 Å². The van der Waals surface area contributed by atoms with Crippen molar-refractivity contribution in [1.82, 2.24) is 4.90 Å². The summed E-state index contributed by atoms with van der Waals surface area (Å²) in [7, 11) is 1.70. The summed E-state index contributed by atoms with van der Waals surface area (Å²) in [5.74, 6) is 0.886. The number of methoxy groups -OCH3 is 1. The summed E-state index contributed by atoms with van der Waals surface area (Å²) in [6, 6.07) is 13.8. The first-order chi connectivity index (χ1) is 16.1. The minimum Gasteiger partial charge on any atom is -0.495 e. The van der Waals surface area contributed by atoms with Crippen molar-refractivity contribution in [2.75, 3.05) is 61.5 Å². The number of hydrogen-bond acceptors (Lipinski definition) is 5. The number of hydrogen-bond donors (Lipinski definition) is 1. The second-order valence-electron chi connectivity index (χ2n) is 8.63. The largest absolute Gasteiger partial charge is 0.495 e. The van der Waals surface area contributed by atoms with Crippen molar-refractivity contribution in [3.8, 4) is 5.75 Å². The second kappa shape index (κ2) is 10.6. The van der Waals surface area contributed by atoms with E-state index in [-0.39, 0.29) is 11.8 Å². The molecule has 2 aliphatic heterocycles. The Balaban J connectivity index is 1.56. The summed E-state index contributed by atoms with van der Waals surface area (Å²) >= 11 is 0. The Kier molecular flexibility index (Phi) is 7.37. The molecule has 0 spiro atoms. The summed E-state index contributed by atoms with van der Waals surface area (Å²) < 4.78 is 5.54. The van der Waals surface area contributed by atoms with Gasteiger partial charge in [-0.05, 0) is 49.6 Å². The number of piperidine rings is 1. The van der Waals surface area contributed by atoms with Gasteiger partial charge in [-0.3, -0.25) is 9.59 Å². The number of benzene rings is 2. The van der Waals surface area contributed by atoms with Crippen LogP contribution in [0.3, 0.4) is 0 Å². The van der Waals surface area contributed by atoms with Crippen LogP contribution >= 0.6 is 0 Å². The molecule has 0 radical (unpaired) electrons. The Hall–Kier alpha value is -3.22. The first kappa shape index (κ1) is 23.0. The highest BCUT2D eigenvalue weighted by Gasteiger charge is 2.26. The van der Waals surface area contributed by atoms with E-state index < -0.39 is 0 Å². The summed E-state index contributed by atoms with van der Waals surface area (Å²) in [5, 5.41) is 2.91. The molecule has 2 saturated heterocycles. The van der Waals surface area contributed by atoms with Crippen LogP contribution in [0.5, 0.6) is 5.75 Å². The lowest BCUT2D eigenvalue weighted by Gasteiger charge is -2.39. The summed E-state index contributed by atoms with van der Waals surface area (Å²) in [5.41, 5.74) is 3.40. The molecule has 33 heavy (non-hydrogen) atoms. The molecule has 0 bridgehead atoms. The van der Waals surface area contributed by atoms with E-state index in [2.05, 4.69) is 21.2 Å². The molecule has 4 rings (SSSR count). The van der Waals surface area contributed by atoms with Gasteiger partial charge in [0.05, 0.1) is 18.4 Å². The van der Waals surface area contributed by atoms with Gasteiger partial charge in [-0.1, -0.05) is 19.1 Å². The molecule has 0 aromatic heterocycles. The van der Waals surface area contributed by atoms with Crippen LogP contribution in [0.15, 0.2) is 42.5 Å². The third-order valence-electron chi connectivity index (χ3n) is 6.52. The molecule has 0 aliphatic carbocycles. The Bertz CT molecular complexity index is 979. The molecule has 2 aromatic carbocycles. The molecule has 1 N–H and O–H groups in total. The van der Waals surface area contributed by atoms with E-state index in [1.165, 1.54) is 6.42 Å². The highest BCUT2D eigenvalue weighted by Crippen LogP contribution is 2.31. The zero-order valence-electron chi connectivity index (χ0n) is 19.7. The lowest BCUT2D eigenvalue weighted by molar-refractivity contribution is -0.115. The van der Waals surface area contributed by atoms with Gasteiger partial charge in [-0.2, -0.15) is 0 Å². The van der Waals surface area contributed by atoms with Crippen molar-refractivity contribution >= 4 is 28.9 Å². The zero-order valence-corrected chi connectivity index (χ0v) is 19.7. The fourth-order valence-corrected chi connectivity index (χ4v) is 4.66. The van der Waals surface area contributed by atoms with Crippen molar-refractivity contribution in [3.05, 3.63) is 48.0 Å². The van der Waals surface area contributed by atoms with E-state index in [1.54, 1.807) is 7.11 Å². The van der Waals surface area contributed by atoms with Crippen molar-refractivity contribution in [3.63, 3.8) is 0 Å². The molecule has 0 saturated carbocycles. The highest BCUT2D eigenvalue weighted by molar-refractivity contribution is 6.02. The van der Waals surface area contributed by atoms with E-state index in [0.29, 0.717) is 17.7 Å². The molecule has 2 heterocycles. The number of carbonyl (C=O) groups excluding carboxylic acids is 2. The van der Waals surface area contributed by atoms with Gasteiger partial charge < -0.3 is 24.8 Å². The van der Waals surface area contributed by atoms with Gasteiger partial charge in [0, 0.05) is 57.1 Å². The average Bonchev–Trinajstić information content (AvgIpc) is 2.88. The number of amides is 2. The van der Waals surface area contributed by atoms with Crippen LogP contribution in [0, 0.1) is 0 Å². The number of nitrogens with one attached hydrogen (secondary N) is 1. The van der Waals surface area contributed by atoms with Crippen molar-refractivity contribution in [1.29, 1.82) is 0 Å². The topological polar surface area (TPSA) is 65.1 Å². The van der Waals surface area contributed by atoms with Gasteiger partial charge >= 0.3 is 0 Å². The van der Waals surface area contributed by atoms with Gasteiger partial charge in [0.2, 0.25) is 5.91 Å². The summed E-state index contributed by atoms with van der Waals surface area (Å²) in [4.78, 5) is 32.0. The highest BCUT2D eigenvalue weighted by atomic mass is 16.5. The number of rotatable bonds is 6. The van der Waals surface area contributed by atoms with Crippen molar-refractivity contribution in [2.24, 2.45) is 0 Å². The molecular weight excluding hydrogens is 416 g/mol. The molecule has 2 amide bonds. The fraction of sp³-hybridized carbons (Fsp3) is 0.462. The van der Waals surface area contributed by atoms with E-state index in [1.807, 2.05) is 48.2 Å². The molecule has 7 nitrogen and oxygen atoms in total. The number of likely N-dealkylation sites (tertiary alicyclic amines) is 1. The Morgan fingerprint density at radius 2 is 1.55 bits per heavy atom. The van der Waals surface area contributed by atoms with E-state index in [9.17, 15) is 9.59 Å². The lowest BCUT2D eigenvalue weighted by Crippen LogP contribution is -2.47. The van der Waals surface area contributed by atoms with Gasteiger partial charge in [0.15, 0.2) is 0 Å². The molecule has 7 heteroatoms. The average molecular weight is 451 g/mol. The maximum absolute atomic E-state index is 13.5. The predicted molar refractivity (Wildman–Crippen MR) is 133 cm³/mol. The minimum absolute atomic E-state index is 0.0513. The Morgan fingerprint density at radius 1 is 0.879 bits per heavy atom. The number of nitrogens with zero attached hydrogens (tertiary/aromatic N) is 3. The second-order valence-corrected chi connectivity index (χ2v) is 8.63. The molecule has 176 valence electrons. The quantitative estimate of drug-likeness (QED) is 0.721. The maximum atomic E-state index is 13.5. The van der Waals surface area contributed by atoms with E-state index in [0.717, 1.165) is 69.2 Å². The van der Waals surface area contributed by atoms with Gasteiger partial charge in [-0.15, -0.1) is 0 Å². The number of piperazine rings is 1. The first-order valence-corrected chi connectivity index (χ1v) is 12.0. The smallest absolute Gasteiger partial charge is 0.256 e. The monoisotopic (exact) mass is 450 g/mol. The van der Waals surface area contributed by atoms with Crippen LogP contribution in [0.1, 0.15) is 43.0 Å². The third kappa shape index (κ3) is 5.24. The van der Waals surface area contributed by atoms with Crippen LogP contribution < -0.4 is 19.9 Å². The van der Waals surface area contributed by atoms with Crippen molar-refractivity contribution < 1.29 is 14.3 Å².